The lowest BCUT2D eigenvalue weighted by Gasteiger charge is -2.07. The molecule has 1 aliphatic carbocycles. The summed E-state index contributed by atoms with van der Waals surface area (Å²) >= 11 is 1.75. The number of thiophene rings is 1. The smallest absolute Gasteiger partial charge is 0.332 e. The highest BCUT2D eigenvalue weighted by molar-refractivity contribution is 7.10. The summed E-state index contributed by atoms with van der Waals surface area (Å²) in [6.07, 6.45) is 3.16. The third-order valence-electron chi connectivity index (χ3n) is 2.76. The molecule has 4 nitrogen and oxygen atoms in total. The van der Waals surface area contributed by atoms with Crippen LogP contribution in [-0.4, -0.2) is 11.7 Å². The van der Waals surface area contributed by atoms with Crippen molar-refractivity contribution in [2.45, 2.75) is 26.2 Å². The minimum Gasteiger partial charge on any atom is -0.350 e. The molecule has 1 aromatic heterocycles. The van der Waals surface area contributed by atoms with E-state index in [0.29, 0.717) is 5.92 Å². The molecule has 0 aliphatic heterocycles. The zero-order valence-corrected chi connectivity index (χ0v) is 10.0. The van der Waals surface area contributed by atoms with Gasteiger partial charge in [-0.15, -0.1) is 11.3 Å². The number of nitrogens with two attached hydrogens (primary N) is 1. The standard InChI is InChI=1S/C11H15N3OS/c1-7-2-3-10-8(4-5-16-10)9(6-7)13-14-11(12)15/h4-5,7H,2-3,6H2,1H3,(H3,12,14,15). The second-order valence-corrected chi connectivity index (χ2v) is 5.14. The van der Waals surface area contributed by atoms with Crippen LogP contribution in [0.4, 0.5) is 4.79 Å². The van der Waals surface area contributed by atoms with Crippen LogP contribution in [0.3, 0.4) is 0 Å². The molecule has 0 aromatic carbocycles. The molecule has 86 valence electrons. The maximum absolute atomic E-state index is 10.7. The van der Waals surface area contributed by atoms with E-state index >= 15 is 0 Å². The maximum Gasteiger partial charge on any atom is 0.332 e. The number of hydrazone groups is 1. The van der Waals surface area contributed by atoms with E-state index < -0.39 is 6.03 Å². The Morgan fingerprint density at radius 1 is 1.69 bits per heavy atom. The zero-order chi connectivity index (χ0) is 11.5. The predicted octanol–water partition coefficient (Wildman–Crippen LogP) is 2.09. The molecular weight excluding hydrogens is 222 g/mol. The summed E-state index contributed by atoms with van der Waals surface area (Å²) in [6.45, 7) is 2.20. The Bertz CT molecular complexity index is 425. The second-order valence-electron chi connectivity index (χ2n) is 4.14. The van der Waals surface area contributed by atoms with Crippen molar-refractivity contribution in [2.75, 3.05) is 0 Å². The van der Waals surface area contributed by atoms with Crippen molar-refractivity contribution in [1.82, 2.24) is 5.43 Å². The molecule has 0 bridgehead atoms. The number of amides is 2. The molecule has 16 heavy (non-hydrogen) atoms. The van der Waals surface area contributed by atoms with Gasteiger partial charge in [-0.2, -0.15) is 5.10 Å². The summed E-state index contributed by atoms with van der Waals surface area (Å²) in [5.74, 6) is 0.591. The molecule has 0 saturated carbocycles. The number of nitrogens with one attached hydrogen (secondary N) is 1. The molecule has 3 N–H and O–H groups in total. The number of carbonyl (C=O) groups is 1. The molecular formula is C11H15N3OS. The van der Waals surface area contributed by atoms with Crippen molar-refractivity contribution in [1.29, 1.82) is 0 Å². The lowest BCUT2D eigenvalue weighted by atomic mass is 10.0. The van der Waals surface area contributed by atoms with Crippen LogP contribution in [0, 0.1) is 5.92 Å². The van der Waals surface area contributed by atoms with Crippen molar-refractivity contribution in [3.05, 3.63) is 21.9 Å². The van der Waals surface area contributed by atoms with Crippen molar-refractivity contribution < 1.29 is 4.79 Å². The summed E-state index contributed by atoms with van der Waals surface area (Å²) in [6, 6.07) is 1.46. The normalized spacial score (nSPS) is 22.6. The van der Waals surface area contributed by atoms with Gasteiger partial charge in [0.05, 0.1) is 5.71 Å². The fourth-order valence-electron chi connectivity index (χ4n) is 1.94. The van der Waals surface area contributed by atoms with Crippen LogP contribution in [0.1, 0.15) is 30.2 Å². The number of fused-ring (bicyclic) bond motifs is 1. The lowest BCUT2D eigenvalue weighted by molar-refractivity contribution is 0.249. The average Bonchev–Trinajstić information content (AvgIpc) is 2.64. The van der Waals surface area contributed by atoms with Crippen LogP contribution in [0.25, 0.3) is 0 Å². The largest absolute Gasteiger partial charge is 0.350 e. The summed E-state index contributed by atoms with van der Waals surface area (Å²) in [4.78, 5) is 12.0. The highest BCUT2D eigenvalue weighted by atomic mass is 32.1. The maximum atomic E-state index is 10.7. The SMILES string of the molecule is CC1CCc2sccc2C(=NNC(N)=O)C1. The number of rotatable bonds is 1. The van der Waals surface area contributed by atoms with E-state index in [9.17, 15) is 4.79 Å². The molecule has 0 fully saturated rings. The number of hydrogen-bond acceptors (Lipinski definition) is 3. The highest BCUT2D eigenvalue weighted by Gasteiger charge is 2.19. The average molecular weight is 237 g/mol. The molecule has 5 heteroatoms. The predicted molar refractivity (Wildman–Crippen MR) is 65.7 cm³/mol. The van der Waals surface area contributed by atoms with Gasteiger partial charge in [0.1, 0.15) is 0 Å². The van der Waals surface area contributed by atoms with E-state index in [-0.39, 0.29) is 0 Å². The van der Waals surface area contributed by atoms with E-state index in [1.54, 1.807) is 11.3 Å². The molecule has 0 spiro atoms. The van der Waals surface area contributed by atoms with Gasteiger partial charge in [0.25, 0.3) is 0 Å². The molecule has 1 heterocycles. The van der Waals surface area contributed by atoms with Crippen LogP contribution in [0.15, 0.2) is 16.5 Å². The molecule has 1 atom stereocenters. The van der Waals surface area contributed by atoms with Gasteiger partial charge in [-0.3, -0.25) is 0 Å². The van der Waals surface area contributed by atoms with Crippen molar-refractivity contribution >= 4 is 23.1 Å². The minimum absolute atomic E-state index is 0.591. The molecule has 2 rings (SSSR count). The Morgan fingerprint density at radius 2 is 2.50 bits per heavy atom. The van der Waals surface area contributed by atoms with Crippen LogP contribution >= 0.6 is 11.3 Å². The minimum atomic E-state index is -0.610. The van der Waals surface area contributed by atoms with Crippen LogP contribution in [0.5, 0.6) is 0 Å². The summed E-state index contributed by atoms with van der Waals surface area (Å²) in [7, 11) is 0. The molecule has 1 aromatic rings. The first-order valence-electron chi connectivity index (χ1n) is 5.35. The van der Waals surface area contributed by atoms with E-state index in [1.807, 2.05) is 0 Å². The van der Waals surface area contributed by atoms with Gasteiger partial charge in [-0.1, -0.05) is 6.92 Å². The first-order chi connectivity index (χ1) is 7.66. The summed E-state index contributed by atoms with van der Waals surface area (Å²) in [5.41, 5.74) is 9.46. The molecule has 1 unspecified atom stereocenters. The quantitative estimate of drug-likeness (QED) is 0.570. The third-order valence-corrected chi connectivity index (χ3v) is 3.74. The highest BCUT2D eigenvalue weighted by Crippen LogP contribution is 2.28. The Hall–Kier alpha value is -1.36. The van der Waals surface area contributed by atoms with Gasteiger partial charge in [-0.05, 0) is 36.6 Å². The summed E-state index contributed by atoms with van der Waals surface area (Å²) in [5, 5.41) is 6.18. The van der Waals surface area contributed by atoms with Gasteiger partial charge in [-0.25, -0.2) is 10.2 Å². The Balaban J connectivity index is 2.28. The molecule has 1 aliphatic rings. The van der Waals surface area contributed by atoms with Gasteiger partial charge in [0.2, 0.25) is 0 Å². The van der Waals surface area contributed by atoms with Crippen LogP contribution in [-0.2, 0) is 6.42 Å². The topological polar surface area (TPSA) is 67.5 Å². The van der Waals surface area contributed by atoms with Gasteiger partial charge >= 0.3 is 6.03 Å². The van der Waals surface area contributed by atoms with Gasteiger partial charge < -0.3 is 5.73 Å². The van der Waals surface area contributed by atoms with E-state index in [0.717, 1.165) is 18.6 Å². The Morgan fingerprint density at radius 3 is 3.25 bits per heavy atom. The number of aryl methyl sites for hydroxylation is 1. The first-order valence-corrected chi connectivity index (χ1v) is 6.23. The number of hydrogen-bond donors (Lipinski definition) is 2. The third kappa shape index (κ3) is 2.41. The summed E-state index contributed by atoms with van der Waals surface area (Å²) < 4.78 is 0. The number of nitrogens with zero attached hydrogens (tertiary/aromatic N) is 1. The van der Waals surface area contributed by atoms with E-state index in [1.165, 1.54) is 16.9 Å². The fraction of sp³-hybridized carbons (Fsp3) is 0.455. The van der Waals surface area contributed by atoms with Gasteiger partial charge in [0, 0.05) is 10.4 Å². The monoisotopic (exact) mass is 237 g/mol. The Kier molecular flexibility index (Phi) is 3.24. The molecule has 0 radical (unpaired) electrons. The fourth-order valence-corrected chi connectivity index (χ4v) is 2.86. The number of urea groups is 1. The lowest BCUT2D eigenvalue weighted by Crippen LogP contribution is -2.26. The van der Waals surface area contributed by atoms with Crippen molar-refractivity contribution in [3.63, 3.8) is 0 Å². The van der Waals surface area contributed by atoms with E-state index in [4.69, 9.17) is 5.73 Å². The molecule has 0 saturated heterocycles. The number of carbonyl (C=O) groups excluding carboxylic acids is 1. The van der Waals surface area contributed by atoms with E-state index in [2.05, 4.69) is 28.9 Å². The second kappa shape index (κ2) is 4.65. The number of primary amides is 1. The van der Waals surface area contributed by atoms with Crippen molar-refractivity contribution in [2.24, 2.45) is 16.8 Å². The first kappa shape index (κ1) is 11.1. The van der Waals surface area contributed by atoms with Gasteiger partial charge in [0.15, 0.2) is 0 Å². The zero-order valence-electron chi connectivity index (χ0n) is 9.19. The van der Waals surface area contributed by atoms with Crippen LogP contribution < -0.4 is 11.2 Å². The van der Waals surface area contributed by atoms with Crippen molar-refractivity contribution in [3.8, 4) is 0 Å². The Labute approximate surface area is 98.5 Å². The molecule has 2 amide bonds. The van der Waals surface area contributed by atoms with Crippen LogP contribution in [0.2, 0.25) is 0 Å².